The van der Waals surface area contributed by atoms with Gasteiger partial charge in [-0.15, -0.1) is 0 Å². The van der Waals surface area contributed by atoms with Gasteiger partial charge in [0.2, 0.25) is 0 Å². The Kier molecular flexibility index (Phi) is 4.11. The first-order chi connectivity index (χ1) is 12.2. The Labute approximate surface area is 146 Å². The predicted molar refractivity (Wildman–Crippen MR) is 92.4 cm³/mol. The normalized spacial score (nSPS) is 21.1. The van der Waals surface area contributed by atoms with Gasteiger partial charge in [-0.2, -0.15) is 0 Å². The van der Waals surface area contributed by atoms with E-state index in [1.807, 2.05) is 18.0 Å². The zero-order valence-electron chi connectivity index (χ0n) is 14.2. The van der Waals surface area contributed by atoms with Crippen molar-refractivity contribution in [2.75, 3.05) is 6.54 Å². The maximum atomic E-state index is 13.1. The van der Waals surface area contributed by atoms with Crippen molar-refractivity contribution in [2.45, 2.75) is 44.7 Å². The Bertz CT molecular complexity index is 793. The summed E-state index contributed by atoms with van der Waals surface area (Å²) < 4.78 is 13.1. The van der Waals surface area contributed by atoms with Crippen LogP contribution in [0.1, 0.15) is 43.5 Å². The minimum Gasteiger partial charge on any atom is -0.338 e. The average molecular weight is 340 g/mol. The molecule has 6 heteroatoms. The van der Waals surface area contributed by atoms with Crippen LogP contribution in [0.5, 0.6) is 0 Å². The maximum Gasteiger partial charge on any atom is 0.318 e. The summed E-state index contributed by atoms with van der Waals surface area (Å²) in [6.07, 6.45) is 5.47. The van der Waals surface area contributed by atoms with E-state index < -0.39 is 0 Å². The SMILES string of the molecule is CCCNC(=O)N1[C@H]2CC[C@@H]1c1cnc(-c3ccc(F)cc3)nc1C2. The van der Waals surface area contributed by atoms with Crippen LogP contribution in [0.2, 0.25) is 0 Å². The van der Waals surface area contributed by atoms with Crippen LogP contribution >= 0.6 is 0 Å². The smallest absolute Gasteiger partial charge is 0.318 e. The number of halogens is 1. The van der Waals surface area contributed by atoms with Crippen LogP contribution in [0, 0.1) is 5.82 Å². The zero-order chi connectivity index (χ0) is 17.4. The van der Waals surface area contributed by atoms with Crippen molar-refractivity contribution in [3.63, 3.8) is 0 Å². The average Bonchev–Trinajstić information content (AvgIpc) is 2.95. The van der Waals surface area contributed by atoms with Gasteiger partial charge in [0.25, 0.3) is 0 Å². The van der Waals surface area contributed by atoms with Gasteiger partial charge in [0.05, 0.1) is 11.7 Å². The number of fused-ring (bicyclic) bond motifs is 4. The highest BCUT2D eigenvalue weighted by Gasteiger charge is 2.43. The lowest BCUT2D eigenvalue weighted by molar-refractivity contribution is 0.165. The van der Waals surface area contributed by atoms with Crippen LogP contribution in [-0.2, 0) is 6.42 Å². The molecule has 1 aromatic carbocycles. The fourth-order valence-electron chi connectivity index (χ4n) is 3.85. The van der Waals surface area contributed by atoms with E-state index in [-0.39, 0.29) is 23.9 Å². The fraction of sp³-hybridized carbons (Fsp3) is 0.421. The number of nitrogens with one attached hydrogen (secondary N) is 1. The summed E-state index contributed by atoms with van der Waals surface area (Å²) in [6, 6.07) is 6.50. The predicted octanol–water partition coefficient (Wildman–Crippen LogP) is 3.46. The standard InChI is InChI=1S/C19H21FN4O/c1-2-9-21-19(25)24-14-7-8-17(24)15-11-22-18(23-16(15)10-14)12-3-5-13(20)6-4-12/h3-6,11,14,17H,2,7-10H2,1H3,(H,21,25)/t14-,17+/m0/s1. The monoisotopic (exact) mass is 340 g/mol. The summed E-state index contributed by atoms with van der Waals surface area (Å²) in [7, 11) is 0. The molecule has 25 heavy (non-hydrogen) atoms. The van der Waals surface area contributed by atoms with Crippen LogP contribution in [-0.4, -0.2) is 33.5 Å². The van der Waals surface area contributed by atoms with Gasteiger partial charge in [0, 0.05) is 36.3 Å². The first-order valence-electron chi connectivity index (χ1n) is 8.85. The van der Waals surface area contributed by atoms with E-state index >= 15 is 0 Å². The molecule has 2 aromatic rings. The first-order valence-corrected chi connectivity index (χ1v) is 8.85. The molecule has 1 fully saturated rings. The van der Waals surface area contributed by atoms with Gasteiger partial charge >= 0.3 is 6.03 Å². The second kappa shape index (κ2) is 6.43. The molecular weight excluding hydrogens is 319 g/mol. The number of nitrogens with zero attached hydrogens (tertiary/aromatic N) is 3. The van der Waals surface area contributed by atoms with Crippen LogP contribution in [0.25, 0.3) is 11.4 Å². The Morgan fingerprint density at radius 1 is 1.32 bits per heavy atom. The molecule has 0 aliphatic carbocycles. The molecule has 2 aliphatic heterocycles. The molecule has 0 spiro atoms. The highest BCUT2D eigenvalue weighted by Crippen LogP contribution is 2.43. The quantitative estimate of drug-likeness (QED) is 0.931. The first kappa shape index (κ1) is 16.0. The molecular formula is C19H21FN4O. The summed E-state index contributed by atoms with van der Waals surface area (Å²) in [5.74, 6) is 0.343. The molecule has 0 radical (unpaired) electrons. The van der Waals surface area contributed by atoms with Crippen molar-refractivity contribution in [1.82, 2.24) is 20.2 Å². The van der Waals surface area contributed by atoms with Gasteiger partial charge in [-0.3, -0.25) is 0 Å². The van der Waals surface area contributed by atoms with Crippen molar-refractivity contribution in [1.29, 1.82) is 0 Å². The number of carbonyl (C=O) groups excluding carboxylic acids is 1. The largest absolute Gasteiger partial charge is 0.338 e. The highest BCUT2D eigenvalue weighted by atomic mass is 19.1. The number of hydrogen-bond acceptors (Lipinski definition) is 3. The Balaban J connectivity index is 1.62. The molecule has 4 rings (SSSR count). The summed E-state index contributed by atoms with van der Waals surface area (Å²) in [5.41, 5.74) is 2.87. The molecule has 2 atom stereocenters. The number of benzene rings is 1. The van der Waals surface area contributed by atoms with Crippen molar-refractivity contribution >= 4 is 6.03 Å². The Morgan fingerprint density at radius 3 is 2.88 bits per heavy atom. The van der Waals surface area contributed by atoms with Crippen molar-refractivity contribution in [2.24, 2.45) is 0 Å². The van der Waals surface area contributed by atoms with Gasteiger partial charge in [-0.1, -0.05) is 6.92 Å². The number of rotatable bonds is 3. The second-order valence-electron chi connectivity index (χ2n) is 6.69. The lowest BCUT2D eigenvalue weighted by Gasteiger charge is -2.35. The third kappa shape index (κ3) is 2.86. The van der Waals surface area contributed by atoms with Crippen LogP contribution in [0.15, 0.2) is 30.5 Å². The summed E-state index contributed by atoms with van der Waals surface area (Å²) >= 11 is 0. The lowest BCUT2D eigenvalue weighted by atomic mass is 9.99. The van der Waals surface area contributed by atoms with E-state index in [0.717, 1.165) is 42.5 Å². The highest BCUT2D eigenvalue weighted by molar-refractivity contribution is 5.76. The van der Waals surface area contributed by atoms with Crippen molar-refractivity contribution < 1.29 is 9.18 Å². The topological polar surface area (TPSA) is 58.1 Å². The van der Waals surface area contributed by atoms with E-state index in [9.17, 15) is 9.18 Å². The maximum absolute atomic E-state index is 13.1. The molecule has 130 valence electrons. The second-order valence-corrected chi connectivity index (χ2v) is 6.69. The van der Waals surface area contributed by atoms with Crippen molar-refractivity contribution in [3.8, 4) is 11.4 Å². The van der Waals surface area contributed by atoms with Gasteiger partial charge in [-0.25, -0.2) is 19.2 Å². The molecule has 2 bridgehead atoms. The van der Waals surface area contributed by atoms with E-state index in [4.69, 9.17) is 4.98 Å². The molecule has 0 unspecified atom stereocenters. The Hall–Kier alpha value is -2.50. The van der Waals surface area contributed by atoms with E-state index in [2.05, 4.69) is 10.3 Å². The number of amides is 2. The van der Waals surface area contributed by atoms with Gasteiger partial charge in [0.1, 0.15) is 5.82 Å². The number of carbonyl (C=O) groups is 1. The molecule has 1 aromatic heterocycles. The van der Waals surface area contributed by atoms with E-state index in [0.29, 0.717) is 12.4 Å². The summed E-state index contributed by atoms with van der Waals surface area (Å²) in [4.78, 5) is 23.6. The van der Waals surface area contributed by atoms with E-state index in [1.54, 1.807) is 12.1 Å². The zero-order valence-corrected chi connectivity index (χ0v) is 14.2. The minimum atomic E-state index is -0.270. The third-order valence-corrected chi connectivity index (χ3v) is 5.05. The number of urea groups is 1. The number of aromatic nitrogens is 2. The van der Waals surface area contributed by atoms with Crippen LogP contribution in [0.3, 0.4) is 0 Å². The summed E-state index contributed by atoms with van der Waals surface area (Å²) in [5, 5.41) is 2.99. The third-order valence-electron chi connectivity index (χ3n) is 5.05. The molecule has 2 amide bonds. The molecule has 1 saturated heterocycles. The minimum absolute atomic E-state index is 0.0163. The molecule has 5 nitrogen and oxygen atoms in total. The molecule has 3 heterocycles. The lowest BCUT2D eigenvalue weighted by Crippen LogP contribution is -2.47. The Morgan fingerprint density at radius 2 is 2.12 bits per heavy atom. The van der Waals surface area contributed by atoms with Crippen LogP contribution < -0.4 is 5.32 Å². The van der Waals surface area contributed by atoms with Gasteiger partial charge < -0.3 is 10.2 Å². The van der Waals surface area contributed by atoms with Gasteiger partial charge in [-0.05, 0) is 43.5 Å². The van der Waals surface area contributed by atoms with Gasteiger partial charge in [0.15, 0.2) is 5.82 Å². The molecule has 0 saturated carbocycles. The van der Waals surface area contributed by atoms with E-state index in [1.165, 1.54) is 12.1 Å². The number of hydrogen-bond donors (Lipinski definition) is 1. The summed E-state index contributed by atoms with van der Waals surface area (Å²) in [6.45, 7) is 2.74. The molecule has 1 N–H and O–H groups in total. The molecule has 2 aliphatic rings. The van der Waals surface area contributed by atoms with Crippen LogP contribution in [0.4, 0.5) is 9.18 Å². The van der Waals surface area contributed by atoms with Crippen molar-refractivity contribution in [3.05, 3.63) is 47.5 Å². The fourth-order valence-corrected chi connectivity index (χ4v) is 3.85.